The molecule has 3 rings (SSSR count). The first-order chi connectivity index (χ1) is 13.9. The van der Waals surface area contributed by atoms with E-state index in [1.165, 1.54) is 13.1 Å². The van der Waals surface area contributed by atoms with Gasteiger partial charge >= 0.3 is 0 Å². The Bertz CT molecular complexity index is 1000. The number of nitrogens with two attached hydrogens (primary N) is 1. The molecule has 1 heterocycles. The number of amides is 1. The van der Waals surface area contributed by atoms with Gasteiger partial charge in [-0.25, -0.2) is 4.99 Å². The van der Waals surface area contributed by atoms with Gasteiger partial charge < -0.3 is 11.1 Å². The number of carbonyl (C=O) groups is 2. The van der Waals surface area contributed by atoms with Crippen molar-refractivity contribution in [1.82, 2.24) is 4.98 Å². The normalized spacial score (nSPS) is 15.9. The Hall–Kier alpha value is -3.54. The van der Waals surface area contributed by atoms with Gasteiger partial charge in [-0.2, -0.15) is 0 Å². The van der Waals surface area contributed by atoms with E-state index in [9.17, 15) is 9.59 Å². The van der Waals surface area contributed by atoms with Crippen molar-refractivity contribution >= 4 is 23.2 Å². The van der Waals surface area contributed by atoms with Crippen molar-refractivity contribution in [3.8, 4) is 0 Å². The van der Waals surface area contributed by atoms with Crippen LogP contribution < -0.4 is 11.1 Å². The third kappa shape index (κ3) is 4.32. The summed E-state index contributed by atoms with van der Waals surface area (Å²) in [6.07, 6.45) is 10.6. The quantitative estimate of drug-likeness (QED) is 0.581. The summed E-state index contributed by atoms with van der Waals surface area (Å²) in [6, 6.07) is 10.6. The van der Waals surface area contributed by atoms with Gasteiger partial charge in [-0.15, -0.1) is 0 Å². The van der Waals surface area contributed by atoms with Gasteiger partial charge in [0.25, 0.3) is 5.91 Å². The number of ketones is 1. The largest absolute Gasteiger partial charge is 0.388 e. The van der Waals surface area contributed by atoms with Crippen molar-refractivity contribution in [3.05, 3.63) is 83.7 Å². The lowest BCUT2D eigenvalue weighted by Crippen LogP contribution is -2.37. The molecule has 0 fully saturated rings. The molecule has 0 spiro atoms. The maximum absolute atomic E-state index is 12.9. The zero-order valence-electron chi connectivity index (χ0n) is 16.6. The summed E-state index contributed by atoms with van der Waals surface area (Å²) in [5.41, 5.74) is 7.29. The Morgan fingerprint density at radius 2 is 2.03 bits per heavy atom. The second-order valence-corrected chi connectivity index (χ2v) is 6.96. The first-order valence-electron chi connectivity index (χ1n) is 9.44. The number of aromatic nitrogens is 1. The maximum atomic E-state index is 12.9. The van der Waals surface area contributed by atoms with Gasteiger partial charge in [-0.3, -0.25) is 14.6 Å². The summed E-state index contributed by atoms with van der Waals surface area (Å²) in [4.78, 5) is 34.0. The monoisotopic (exact) mass is 388 g/mol. The van der Waals surface area contributed by atoms with Crippen LogP contribution in [0, 0.1) is 0 Å². The van der Waals surface area contributed by atoms with E-state index in [0.717, 1.165) is 12.0 Å². The number of rotatable bonds is 6. The predicted octanol–water partition coefficient (Wildman–Crippen LogP) is 3.77. The summed E-state index contributed by atoms with van der Waals surface area (Å²) < 4.78 is 0. The number of nitrogens with one attached hydrogen (secondary N) is 1. The molecule has 1 aromatic carbocycles. The molecule has 2 aromatic rings. The molecule has 6 heteroatoms. The Morgan fingerprint density at radius 3 is 2.66 bits per heavy atom. The van der Waals surface area contributed by atoms with Gasteiger partial charge in [0.05, 0.1) is 11.4 Å². The molecular weight excluding hydrogens is 364 g/mol. The number of pyridine rings is 1. The third-order valence-electron chi connectivity index (χ3n) is 4.79. The standard InChI is InChI=1S/C23H24N4O2/c1-16(28)23(27-17(2)24,19-9-4-3-5-10-19)20-11-6-12-21(14-20)26-22(29)18-8-7-13-25-15-18/h3-4,6-9,11-15H,5,10H2,1-2H3,(H2,24,27)(H,26,29). The molecule has 6 nitrogen and oxygen atoms in total. The van der Waals surface area contributed by atoms with E-state index in [4.69, 9.17) is 5.73 Å². The number of aliphatic imine (C=N–C) groups is 1. The highest BCUT2D eigenvalue weighted by Gasteiger charge is 2.41. The molecule has 0 aliphatic heterocycles. The molecular formula is C23H24N4O2. The van der Waals surface area contributed by atoms with E-state index >= 15 is 0 Å². The Morgan fingerprint density at radius 1 is 1.21 bits per heavy atom. The molecule has 0 radical (unpaired) electrons. The number of anilines is 1. The second-order valence-electron chi connectivity index (χ2n) is 6.96. The minimum atomic E-state index is -1.21. The van der Waals surface area contributed by atoms with Gasteiger partial charge in [-0.1, -0.05) is 30.4 Å². The Balaban J connectivity index is 2.05. The summed E-state index contributed by atoms with van der Waals surface area (Å²) in [7, 11) is 0. The van der Waals surface area contributed by atoms with Crippen LogP contribution in [-0.4, -0.2) is 22.5 Å². The number of Topliss-reactive ketones (excluding diaryl/α,β-unsaturated/α-hetero) is 1. The van der Waals surface area contributed by atoms with E-state index in [1.807, 2.05) is 18.2 Å². The summed E-state index contributed by atoms with van der Waals surface area (Å²) >= 11 is 0. The number of hydrogen-bond donors (Lipinski definition) is 2. The van der Waals surface area contributed by atoms with Gasteiger partial charge in [-0.05, 0) is 62.1 Å². The minimum absolute atomic E-state index is 0.125. The van der Waals surface area contributed by atoms with E-state index < -0.39 is 5.54 Å². The maximum Gasteiger partial charge on any atom is 0.257 e. The first-order valence-corrected chi connectivity index (χ1v) is 9.44. The highest BCUT2D eigenvalue weighted by molar-refractivity contribution is 6.04. The van der Waals surface area contributed by atoms with Crippen molar-refractivity contribution in [2.24, 2.45) is 10.7 Å². The predicted molar refractivity (Wildman–Crippen MR) is 115 cm³/mol. The van der Waals surface area contributed by atoms with Crippen molar-refractivity contribution < 1.29 is 9.59 Å². The highest BCUT2D eigenvalue weighted by atomic mass is 16.1. The fourth-order valence-electron chi connectivity index (χ4n) is 3.52. The highest BCUT2D eigenvalue weighted by Crippen LogP contribution is 2.40. The smallest absolute Gasteiger partial charge is 0.257 e. The molecule has 1 amide bonds. The van der Waals surface area contributed by atoms with Crippen LogP contribution in [0.15, 0.2) is 77.6 Å². The van der Waals surface area contributed by atoms with Crippen LogP contribution in [0.25, 0.3) is 0 Å². The van der Waals surface area contributed by atoms with E-state index in [-0.39, 0.29) is 11.7 Å². The molecule has 0 saturated heterocycles. The van der Waals surface area contributed by atoms with Gasteiger partial charge in [0.1, 0.15) is 0 Å². The van der Waals surface area contributed by atoms with Crippen molar-refractivity contribution in [3.63, 3.8) is 0 Å². The van der Waals surface area contributed by atoms with Crippen LogP contribution in [0.3, 0.4) is 0 Å². The molecule has 3 N–H and O–H groups in total. The van der Waals surface area contributed by atoms with Crippen molar-refractivity contribution in [2.75, 3.05) is 5.32 Å². The van der Waals surface area contributed by atoms with E-state index in [2.05, 4.69) is 21.4 Å². The molecule has 1 atom stereocenters. The zero-order valence-corrected chi connectivity index (χ0v) is 16.6. The fraction of sp³-hybridized carbons (Fsp3) is 0.217. The molecule has 1 aliphatic rings. The molecule has 29 heavy (non-hydrogen) atoms. The lowest BCUT2D eigenvalue weighted by molar-refractivity contribution is -0.121. The summed E-state index contributed by atoms with van der Waals surface area (Å²) in [6.45, 7) is 3.19. The number of allylic oxidation sites excluding steroid dienone is 3. The van der Waals surface area contributed by atoms with Crippen LogP contribution in [0.5, 0.6) is 0 Å². The second kappa shape index (κ2) is 8.65. The van der Waals surface area contributed by atoms with Crippen molar-refractivity contribution in [1.29, 1.82) is 0 Å². The average molecular weight is 388 g/mol. The average Bonchev–Trinajstić information content (AvgIpc) is 2.73. The van der Waals surface area contributed by atoms with E-state index in [1.54, 1.807) is 43.5 Å². The number of carbonyl (C=O) groups excluding carboxylic acids is 2. The number of benzene rings is 1. The van der Waals surface area contributed by atoms with Crippen LogP contribution in [-0.2, 0) is 10.3 Å². The molecule has 1 unspecified atom stereocenters. The van der Waals surface area contributed by atoms with Gasteiger partial charge in [0.15, 0.2) is 11.3 Å². The Kier molecular flexibility index (Phi) is 6.02. The number of nitrogens with zero attached hydrogens (tertiary/aromatic N) is 2. The van der Waals surface area contributed by atoms with Crippen LogP contribution in [0.4, 0.5) is 5.69 Å². The number of amidine groups is 1. The fourth-order valence-corrected chi connectivity index (χ4v) is 3.52. The van der Waals surface area contributed by atoms with Crippen LogP contribution >= 0.6 is 0 Å². The minimum Gasteiger partial charge on any atom is -0.388 e. The van der Waals surface area contributed by atoms with Gasteiger partial charge in [0.2, 0.25) is 0 Å². The molecule has 148 valence electrons. The molecule has 0 bridgehead atoms. The van der Waals surface area contributed by atoms with Gasteiger partial charge in [0, 0.05) is 18.1 Å². The lowest BCUT2D eigenvalue weighted by atomic mass is 9.76. The molecule has 1 aromatic heterocycles. The lowest BCUT2D eigenvalue weighted by Gasteiger charge is -2.32. The molecule has 0 saturated carbocycles. The summed E-state index contributed by atoms with van der Waals surface area (Å²) in [5.74, 6) is -0.0814. The van der Waals surface area contributed by atoms with Crippen molar-refractivity contribution in [2.45, 2.75) is 32.2 Å². The topological polar surface area (TPSA) is 97.4 Å². The zero-order chi connectivity index (χ0) is 20.9. The third-order valence-corrected chi connectivity index (χ3v) is 4.79. The SMILES string of the molecule is CC(=O)C(N=C(C)N)(C1=CC=CCC1)c1cccc(NC(=O)c2cccnc2)c1. The van der Waals surface area contributed by atoms with Crippen LogP contribution in [0.2, 0.25) is 0 Å². The summed E-state index contributed by atoms with van der Waals surface area (Å²) in [5, 5.41) is 2.86. The molecule has 1 aliphatic carbocycles. The van der Waals surface area contributed by atoms with E-state index in [0.29, 0.717) is 29.1 Å². The number of hydrogen-bond acceptors (Lipinski definition) is 4. The van der Waals surface area contributed by atoms with Crippen LogP contribution in [0.1, 0.15) is 42.6 Å². The Labute approximate surface area is 170 Å². The first kappa shape index (κ1) is 20.2.